The van der Waals surface area contributed by atoms with Crippen LogP contribution in [0.1, 0.15) is 47.1 Å². The smallest absolute Gasteiger partial charge is 0.278 e. The van der Waals surface area contributed by atoms with Crippen molar-refractivity contribution in [3.05, 3.63) is 70.0 Å². The maximum absolute atomic E-state index is 13.4. The monoisotopic (exact) mass is 605 g/mol. The van der Waals surface area contributed by atoms with E-state index < -0.39 is 42.0 Å². The lowest BCUT2D eigenvalue weighted by atomic mass is 9.98. The number of rotatable bonds is 13. The zero-order valence-corrected chi connectivity index (χ0v) is 24.7. The van der Waals surface area contributed by atoms with Gasteiger partial charge in [-0.05, 0) is 44.0 Å². The zero-order chi connectivity index (χ0) is 31.8. The Balaban J connectivity index is 1.42. The molecule has 0 saturated carbocycles. The number of methoxy groups -OCH3 is 2. The summed E-state index contributed by atoms with van der Waals surface area (Å²) in [5, 5.41) is 19.0. The number of aliphatic hydroxyl groups excluding tert-OH is 1. The molecule has 0 radical (unpaired) electrons. The van der Waals surface area contributed by atoms with Crippen LogP contribution in [-0.4, -0.2) is 70.9 Å². The van der Waals surface area contributed by atoms with E-state index in [1.807, 2.05) is 6.07 Å². The summed E-state index contributed by atoms with van der Waals surface area (Å²) in [6.45, 7) is 2.05. The molecule has 1 aliphatic rings. The Bertz CT molecular complexity index is 1610. The molecule has 232 valence electrons. The lowest BCUT2D eigenvalue weighted by Gasteiger charge is -2.24. The maximum atomic E-state index is 13.4. The number of nitrogens with one attached hydrogen (secondary N) is 2. The first-order valence-electron chi connectivity index (χ1n) is 14.0. The summed E-state index contributed by atoms with van der Waals surface area (Å²) in [6, 6.07) is 7.81. The van der Waals surface area contributed by atoms with Crippen LogP contribution >= 0.6 is 0 Å². The second-order valence-corrected chi connectivity index (χ2v) is 10.4. The third kappa shape index (κ3) is 7.27. The number of ether oxygens (including phenoxy) is 2. The van der Waals surface area contributed by atoms with Crippen LogP contribution in [0.3, 0.4) is 0 Å². The average molecular weight is 606 g/mol. The molecule has 0 bridgehead atoms. The number of benzene rings is 1. The molecule has 3 N–H and O–H groups in total. The number of aryl methyl sites for hydroxylation is 1. The molecular formula is C31H35N5O8. The Morgan fingerprint density at radius 1 is 1.23 bits per heavy atom. The summed E-state index contributed by atoms with van der Waals surface area (Å²) >= 11 is 0. The van der Waals surface area contributed by atoms with E-state index >= 15 is 0 Å². The van der Waals surface area contributed by atoms with Crippen LogP contribution in [0.2, 0.25) is 0 Å². The predicted molar refractivity (Wildman–Crippen MR) is 159 cm³/mol. The Labute approximate surface area is 254 Å². The number of amides is 3. The second-order valence-electron chi connectivity index (χ2n) is 10.4. The number of anilines is 1. The number of terminal acetylenes is 1. The van der Waals surface area contributed by atoms with Crippen molar-refractivity contribution in [2.45, 2.75) is 44.8 Å². The first-order valence-corrected chi connectivity index (χ1v) is 14.0. The average Bonchev–Trinajstić information content (AvgIpc) is 3.61. The van der Waals surface area contributed by atoms with Crippen molar-refractivity contribution >= 4 is 23.4 Å². The molecule has 3 heterocycles. The number of likely N-dealkylation sites (tertiary alicyclic amines) is 1. The molecule has 1 saturated heterocycles. The number of hydrogen-bond acceptors (Lipinski definition) is 9. The topological polar surface area (TPSA) is 165 Å². The summed E-state index contributed by atoms with van der Waals surface area (Å²) in [4.78, 5) is 54.1. The van der Waals surface area contributed by atoms with Gasteiger partial charge in [0.1, 0.15) is 29.0 Å². The molecule has 1 fully saturated rings. The summed E-state index contributed by atoms with van der Waals surface area (Å²) in [7, 11) is 3.11. The fraction of sp³-hybridized carbons (Fsp3) is 0.387. The Hall–Kier alpha value is -5.09. The third-order valence-electron chi connectivity index (χ3n) is 7.43. The van der Waals surface area contributed by atoms with Gasteiger partial charge in [-0.3, -0.25) is 19.2 Å². The number of aliphatic hydroxyl groups is 1. The predicted octanol–water partition coefficient (Wildman–Crippen LogP) is 1.89. The van der Waals surface area contributed by atoms with E-state index in [1.54, 1.807) is 38.2 Å². The summed E-state index contributed by atoms with van der Waals surface area (Å²) in [5.74, 6) is 2.29. The van der Waals surface area contributed by atoms with Gasteiger partial charge >= 0.3 is 0 Å². The highest BCUT2D eigenvalue weighted by Gasteiger charge is 2.35. The fourth-order valence-electron chi connectivity index (χ4n) is 5.13. The molecule has 13 heteroatoms. The maximum Gasteiger partial charge on any atom is 0.278 e. The third-order valence-corrected chi connectivity index (χ3v) is 7.43. The van der Waals surface area contributed by atoms with Gasteiger partial charge < -0.3 is 39.2 Å². The van der Waals surface area contributed by atoms with E-state index in [2.05, 4.69) is 21.7 Å². The van der Waals surface area contributed by atoms with Gasteiger partial charge in [0.15, 0.2) is 5.69 Å². The van der Waals surface area contributed by atoms with Crippen molar-refractivity contribution in [3.63, 3.8) is 0 Å². The van der Waals surface area contributed by atoms with Gasteiger partial charge in [-0.1, -0.05) is 5.16 Å². The van der Waals surface area contributed by atoms with Crippen LogP contribution in [0.25, 0.3) is 0 Å². The van der Waals surface area contributed by atoms with Crippen molar-refractivity contribution in [2.24, 2.45) is 5.92 Å². The molecule has 3 amide bonds. The van der Waals surface area contributed by atoms with Crippen molar-refractivity contribution in [1.29, 1.82) is 0 Å². The minimum Gasteiger partial charge on any atom is -0.497 e. The first kappa shape index (κ1) is 31.8. The van der Waals surface area contributed by atoms with Gasteiger partial charge in [-0.25, -0.2) is 0 Å². The molecule has 1 aromatic carbocycles. The van der Waals surface area contributed by atoms with Crippen LogP contribution in [0.15, 0.2) is 51.9 Å². The molecule has 2 aromatic heterocycles. The van der Waals surface area contributed by atoms with E-state index in [1.165, 1.54) is 24.4 Å². The Morgan fingerprint density at radius 2 is 2.02 bits per heavy atom. The lowest BCUT2D eigenvalue weighted by molar-refractivity contribution is -0.132. The summed E-state index contributed by atoms with van der Waals surface area (Å²) < 4.78 is 16.7. The minimum absolute atomic E-state index is 0.0100. The first-order chi connectivity index (χ1) is 21.2. The summed E-state index contributed by atoms with van der Waals surface area (Å²) in [5.41, 5.74) is 0.0695. The fourth-order valence-corrected chi connectivity index (χ4v) is 5.13. The van der Waals surface area contributed by atoms with Crippen LogP contribution in [0.5, 0.6) is 11.5 Å². The number of pyridine rings is 1. The SMILES string of the molecule is C#CC[C@@H](C(=O)N[C@H](CO)C[C@@H]1CCN(Cc2ccc(OC)cc2OC)C1=O)n1cccc(NC(=O)c2cc(C)on2)c1=O. The molecule has 0 unspecified atom stereocenters. The van der Waals surface area contributed by atoms with Crippen molar-refractivity contribution < 1.29 is 33.5 Å². The number of hydrogen-bond donors (Lipinski definition) is 3. The highest BCUT2D eigenvalue weighted by molar-refractivity contribution is 6.02. The lowest BCUT2D eigenvalue weighted by Crippen LogP contribution is -2.45. The normalized spacial score (nSPS) is 15.8. The van der Waals surface area contributed by atoms with Gasteiger partial charge in [0.2, 0.25) is 11.8 Å². The standard InChI is InChI=1S/C31H35N5O8/c1-5-7-26(36-12-6-8-24(31(36)41)33-28(38)25-14-19(2)44-34-25)29(39)32-22(18-37)15-20-11-13-35(30(20)40)17-21-9-10-23(42-3)16-27(21)43-4/h1,6,8-10,12,14,16,20,22,26,37H,7,11,13,15,17-18H2,2-4H3,(H,32,39)(H,33,38)/t20-,22-,26-/m0/s1. The van der Waals surface area contributed by atoms with Crippen LogP contribution in [-0.2, 0) is 16.1 Å². The minimum atomic E-state index is -1.13. The molecule has 44 heavy (non-hydrogen) atoms. The van der Waals surface area contributed by atoms with E-state index in [-0.39, 0.29) is 30.1 Å². The Morgan fingerprint density at radius 3 is 2.68 bits per heavy atom. The van der Waals surface area contributed by atoms with Crippen molar-refractivity contribution in [3.8, 4) is 23.8 Å². The molecule has 4 rings (SSSR count). The highest BCUT2D eigenvalue weighted by atomic mass is 16.5. The molecule has 13 nitrogen and oxygen atoms in total. The molecular weight excluding hydrogens is 570 g/mol. The van der Waals surface area contributed by atoms with Gasteiger partial charge in [-0.15, -0.1) is 12.3 Å². The molecule has 3 atom stereocenters. The van der Waals surface area contributed by atoms with Crippen LogP contribution < -0.4 is 25.7 Å². The molecule has 0 aliphatic carbocycles. The van der Waals surface area contributed by atoms with Gasteiger partial charge in [0.25, 0.3) is 11.5 Å². The van der Waals surface area contributed by atoms with E-state index in [0.717, 1.165) is 10.1 Å². The van der Waals surface area contributed by atoms with E-state index in [4.69, 9.17) is 20.4 Å². The molecule has 1 aliphatic heterocycles. The largest absolute Gasteiger partial charge is 0.497 e. The number of aromatic nitrogens is 2. The van der Waals surface area contributed by atoms with Gasteiger partial charge in [-0.2, -0.15) is 0 Å². The molecule has 3 aromatic rings. The van der Waals surface area contributed by atoms with Crippen molar-refractivity contribution in [1.82, 2.24) is 19.9 Å². The molecule has 0 spiro atoms. The van der Waals surface area contributed by atoms with Gasteiger partial charge in [0, 0.05) is 49.3 Å². The second kappa shape index (κ2) is 14.4. The highest BCUT2D eigenvalue weighted by Crippen LogP contribution is 2.30. The van der Waals surface area contributed by atoms with Crippen molar-refractivity contribution in [2.75, 3.05) is 32.7 Å². The van der Waals surface area contributed by atoms with Gasteiger partial charge in [0.05, 0.1) is 26.9 Å². The quantitative estimate of drug-likeness (QED) is 0.247. The summed E-state index contributed by atoms with van der Waals surface area (Å²) in [6.07, 6.45) is 7.53. The van der Waals surface area contributed by atoms with Crippen LogP contribution in [0, 0.1) is 25.2 Å². The van der Waals surface area contributed by atoms with Crippen LogP contribution in [0.4, 0.5) is 5.69 Å². The number of nitrogens with zero attached hydrogens (tertiary/aromatic N) is 3. The van der Waals surface area contributed by atoms with E-state index in [9.17, 15) is 24.3 Å². The number of carbonyl (C=O) groups excluding carboxylic acids is 3. The number of carbonyl (C=O) groups is 3. The van der Waals surface area contributed by atoms with E-state index in [0.29, 0.717) is 36.8 Å². The zero-order valence-electron chi connectivity index (χ0n) is 24.7. The Kier molecular flexibility index (Phi) is 10.4.